The van der Waals surface area contributed by atoms with Gasteiger partial charge in [-0.2, -0.15) is 0 Å². The molecular formula is C5H4N4O4. The van der Waals surface area contributed by atoms with Crippen molar-refractivity contribution in [3.05, 3.63) is 38.7 Å². The predicted molar refractivity (Wildman–Crippen MR) is 41.5 cm³/mol. The monoisotopic (exact) mass is 184 g/mol. The van der Waals surface area contributed by atoms with E-state index in [9.17, 15) is 20.2 Å². The van der Waals surface area contributed by atoms with E-state index in [0.29, 0.717) is 0 Å². The Morgan fingerprint density at radius 2 is 2.08 bits per heavy atom. The van der Waals surface area contributed by atoms with Crippen LogP contribution in [0.4, 0.5) is 11.4 Å². The number of anilines is 1. The minimum Gasteiger partial charge on any atom is -0.262 e. The predicted octanol–water partition coefficient (Wildman–Crippen LogP) is 0.593. The Balaban J connectivity index is 3.04. The molecule has 0 unspecified atom stereocenters. The zero-order valence-corrected chi connectivity index (χ0v) is 6.21. The molecule has 13 heavy (non-hydrogen) atoms. The topological polar surface area (TPSA) is 111 Å². The van der Waals surface area contributed by atoms with Gasteiger partial charge in [0, 0.05) is 12.3 Å². The molecule has 0 atom stereocenters. The molecule has 1 aromatic rings. The summed E-state index contributed by atoms with van der Waals surface area (Å²) in [6.07, 6.45) is 2.20. The third kappa shape index (κ3) is 2.09. The van der Waals surface area contributed by atoms with Gasteiger partial charge in [0.2, 0.25) is 0 Å². The molecule has 0 bridgehead atoms. The average Bonchev–Trinajstić information content (AvgIpc) is 2.03. The molecule has 0 amide bonds. The molecule has 8 nitrogen and oxygen atoms in total. The molecule has 0 aromatic carbocycles. The average molecular weight is 184 g/mol. The Kier molecular flexibility index (Phi) is 2.33. The molecule has 0 aliphatic carbocycles. The SMILES string of the molecule is O=[N+]([O-])Nc1cnccc1[N+](=O)[O-]. The van der Waals surface area contributed by atoms with Gasteiger partial charge in [-0.1, -0.05) is 5.43 Å². The molecule has 1 heterocycles. The van der Waals surface area contributed by atoms with Crippen molar-refractivity contribution in [3.63, 3.8) is 0 Å². The molecule has 0 saturated heterocycles. The van der Waals surface area contributed by atoms with Crippen LogP contribution < -0.4 is 5.43 Å². The quantitative estimate of drug-likeness (QED) is 0.543. The van der Waals surface area contributed by atoms with Gasteiger partial charge in [0.1, 0.15) is 0 Å². The van der Waals surface area contributed by atoms with Crippen LogP contribution in [-0.4, -0.2) is 14.9 Å². The zero-order valence-electron chi connectivity index (χ0n) is 6.21. The van der Waals surface area contributed by atoms with Gasteiger partial charge in [-0.05, 0) is 0 Å². The summed E-state index contributed by atoms with van der Waals surface area (Å²) in [4.78, 5) is 23.1. The lowest BCUT2D eigenvalue weighted by Crippen LogP contribution is -2.09. The molecule has 1 rings (SSSR count). The molecular weight excluding hydrogens is 180 g/mol. The second kappa shape index (κ2) is 3.43. The number of hydrogen-bond donors (Lipinski definition) is 1. The van der Waals surface area contributed by atoms with Crippen LogP contribution in [0.1, 0.15) is 0 Å². The highest BCUT2D eigenvalue weighted by atomic mass is 16.7. The summed E-state index contributed by atoms with van der Waals surface area (Å²) in [5, 5.41) is 19.4. The maximum Gasteiger partial charge on any atom is 0.301 e. The fraction of sp³-hybridized carbons (Fsp3) is 0. The summed E-state index contributed by atoms with van der Waals surface area (Å²) in [6.45, 7) is 0. The molecule has 0 aliphatic rings. The first-order valence-electron chi connectivity index (χ1n) is 3.10. The second-order valence-corrected chi connectivity index (χ2v) is 2.02. The molecule has 0 aliphatic heterocycles. The van der Waals surface area contributed by atoms with Gasteiger partial charge < -0.3 is 0 Å². The summed E-state index contributed by atoms with van der Waals surface area (Å²) in [6, 6.07) is 1.08. The van der Waals surface area contributed by atoms with E-state index in [0.717, 1.165) is 12.3 Å². The number of rotatable bonds is 3. The molecule has 1 N–H and O–H groups in total. The summed E-state index contributed by atoms with van der Waals surface area (Å²) in [7, 11) is 0. The molecule has 68 valence electrons. The maximum absolute atomic E-state index is 10.3. The summed E-state index contributed by atoms with van der Waals surface area (Å²) in [5.74, 6) is 0. The standard InChI is InChI=1S/C5H4N4O4/c10-8(11)5-1-2-6-3-4(5)7-9(12)13/h1-3,7H. The van der Waals surface area contributed by atoms with Crippen LogP contribution in [0.3, 0.4) is 0 Å². The van der Waals surface area contributed by atoms with Gasteiger partial charge in [0.25, 0.3) is 0 Å². The highest BCUT2D eigenvalue weighted by Gasteiger charge is 2.16. The Morgan fingerprint density at radius 1 is 1.38 bits per heavy atom. The lowest BCUT2D eigenvalue weighted by Gasteiger charge is -1.96. The van der Waals surface area contributed by atoms with Crippen LogP contribution in [0.25, 0.3) is 0 Å². The van der Waals surface area contributed by atoms with Gasteiger partial charge in [0.05, 0.1) is 11.1 Å². The fourth-order valence-corrected chi connectivity index (χ4v) is 0.731. The first-order valence-corrected chi connectivity index (χ1v) is 3.10. The van der Waals surface area contributed by atoms with Crippen molar-refractivity contribution in [2.24, 2.45) is 0 Å². The fourth-order valence-electron chi connectivity index (χ4n) is 0.731. The molecule has 0 spiro atoms. The Morgan fingerprint density at radius 3 is 2.62 bits per heavy atom. The lowest BCUT2D eigenvalue weighted by atomic mass is 10.4. The Labute approximate surface area is 71.5 Å². The van der Waals surface area contributed by atoms with E-state index in [1.807, 2.05) is 0 Å². The van der Waals surface area contributed by atoms with Crippen molar-refractivity contribution >= 4 is 11.4 Å². The van der Waals surface area contributed by atoms with E-state index in [1.165, 1.54) is 6.20 Å². The van der Waals surface area contributed by atoms with Crippen LogP contribution in [-0.2, 0) is 0 Å². The number of pyridine rings is 1. The van der Waals surface area contributed by atoms with Gasteiger partial charge in [-0.25, -0.2) is 10.1 Å². The van der Waals surface area contributed by atoms with Crippen LogP contribution in [0, 0.1) is 20.2 Å². The maximum atomic E-state index is 10.3. The number of nitro groups is 2. The van der Waals surface area contributed by atoms with Crippen molar-refractivity contribution in [1.82, 2.24) is 4.98 Å². The molecule has 0 saturated carbocycles. The third-order valence-corrected chi connectivity index (χ3v) is 1.21. The van der Waals surface area contributed by atoms with Gasteiger partial charge >= 0.3 is 5.69 Å². The summed E-state index contributed by atoms with van der Waals surface area (Å²) >= 11 is 0. The van der Waals surface area contributed by atoms with E-state index in [4.69, 9.17) is 0 Å². The van der Waals surface area contributed by atoms with E-state index < -0.39 is 9.96 Å². The Bertz CT molecular complexity index is 352. The van der Waals surface area contributed by atoms with E-state index >= 15 is 0 Å². The first-order chi connectivity index (χ1) is 6.11. The van der Waals surface area contributed by atoms with Crippen molar-refractivity contribution in [3.8, 4) is 0 Å². The van der Waals surface area contributed by atoms with Crippen molar-refractivity contribution in [1.29, 1.82) is 0 Å². The lowest BCUT2D eigenvalue weighted by molar-refractivity contribution is -0.447. The molecule has 0 fully saturated rings. The number of aromatic nitrogens is 1. The van der Waals surface area contributed by atoms with Crippen LogP contribution in [0.5, 0.6) is 0 Å². The smallest absolute Gasteiger partial charge is 0.262 e. The van der Waals surface area contributed by atoms with Crippen molar-refractivity contribution < 1.29 is 9.96 Å². The van der Waals surface area contributed by atoms with Crippen LogP contribution in [0.15, 0.2) is 18.5 Å². The first kappa shape index (κ1) is 8.84. The zero-order chi connectivity index (χ0) is 9.84. The van der Waals surface area contributed by atoms with E-state index in [1.54, 1.807) is 5.43 Å². The minimum absolute atomic E-state index is 0.238. The second-order valence-electron chi connectivity index (χ2n) is 2.02. The highest BCUT2D eigenvalue weighted by molar-refractivity contribution is 5.57. The largest absolute Gasteiger partial charge is 0.301 e. The number of hydrazine groups is 1. The normalized spacial score (nSPS) is 9.23. The molecule has 8 heteroatoms. The van der Waals surface area contributed by atoms with Gasteiger partial charge in [0.15, 0.2) is 10.7 Å². The minimum atomic E-state index is -0.885. The third-order valence-electron chi connectivity index (χ3n) is 1.21. The number of nitrogens with zero attached hydrogens (tertiary/aromatic N) is 3. The van der Waals surface area contributed by atoms with Crippen LogP contribution in [0.2, 0.25) is 0 Å². The van der Waals surface area contributed by atoms with Gasteiger partial charge in [-0.15, -0.1) is 0 Å². The highest BCUT2D eigenvalue weighted by Crippen LogP contribution is 2.21. The van der Waals surface area contributed by atoms with Crippen molar-refractivity contribution in [2.45, 2.75) is 0 Å². The number of hydrogen-bond acceptors (Lipinski definition) is 5. The van der Waals surface area contributed by atoms with Gasteiger partial charge in [-0.3, -0.25) is 15.1 Å². The number of nitrogens with one attached hydrogen (secondary N) is 1. The Hall–Kier alpha value is -2.25. The van der Waals surface area contributed by atoms with E-state index in [-0.39, 0.29) is 11.4 Å². The summed E-state index contributed by atoms with van der Waals surface area (Å²) in [5.41, 5.74) is 1.05. The van der Waals surface area contributed by atoms with Crippen molar-refractivity contribution in [2.75, 3.05) is 5.43 Å². The molecule has 1 aromatic heterocycles. The molecule has 0 radical (unpaired) electrons. The summed E-state index contributed by atoms with van der Waals surface area (Å²) < 4.78 is 0. The van der Waals surface area contributed by atoms with E-state index in [2.05, 4.69) is 4.98 Å². The van der Waals surface area contributed by atoms with Crippen LogP contribution >= 0.6 is 0 Å².